The molecule has 0 fully saturated rings. The van der Waals surface area contributed by atoms with E-state index in [4.69, 9.17) is 4.74 Å². The molecule has 1 atom stereocenters. The fraction of sp³-hybridized carbons (Fsp3) is 0.417. The molecule has 0 spiro atoms. The average Bonchev–Trinajstić information content (AvgIpc) is 2.90. The van der Waals surface area contributed by atoms with Crippen molar-refractivity contribution in [2.24, 2.45) is 0 Å². The molecule has 0 radical (unpaired) electrons. The van der Waals surface area contributed by atoms with E-state index in [1.807, 2.05) is 45.2 Å². The molecular formula is C24H30N4O2. The Hall–Kier alpha value is -3.04. The van der Waals surface area contributed by atoms with Crippen molar-refractivity contribution in [3.63, 3.8) is 0 Å². The summed E-state index contributed by atoms with van der Waals surface area (Å²) >= 11 is 0. The van der Waals surface area contributed by atoms with Crippen LogP contribution in [-0.2, 0) is 16.1 Å². The SMILES string of the molecule is COCC(C)n1c(C)cc(/C=C(\C#N)C(=O)N2CCN(C)c3ccccc3C2)c1C. The summed E-state index contributed by atoms with van der Waals surface area (Å²) in [5.41, 5.74) is 5.39. The number of rotatable bonds is 5. The van der Waals surface area contributed by atoms with Gasteiger partial charge < -0.3 is 19.1 Å². The van der Waals surface area contributed by atoms with Gasteiger partial charge in [0.25, 0.3) is 5.91 Å². The minimum atomic E-state index is -0.225. The summed E-state index contributed by atoms with van der Waals surface area (Å²) in [5.74, 6) is -0.225. The molecule has 0 bridgehead atoms. The molecule has 0 saturated carbocycles. The van der Waals surface area contributed by atoms with E-state index in [2.05, 4.69) is 28.5 Å². The first-order valence-corrected chi connectivity index (χ1v) is 10.2. The first kappa shape index (κ1) is 21.7. The van der Waals surface area contributed by atoms with E-state index < -0.39 is 0 Å². The number of aryl methyl sites for hydroxylation is 1. The van der Waals surface area contributed by atoms with Crippen LogP contribution in [0, 0.1) is 25.2 Å². The number of benzene rings is 1. The van der Waals surface area contributed by atoms with Gasteiger partial charge in [-0.25, -0.2) is 0 Å². The summed E-state index contributed by atoms with van der Waals surface area (Å²) in [5, 5.41) is 9.76. The molecule has 6 nitrogen and oxygen atoms in total. The quantitative estimate of drug-likeness (QED) is 0.561. The van der Waals surface area contributed by atoms with Crippen LogP contribution in [0.15, 0.2) is 35.9 Å². The summed E-state index contributed by atoms with van der Waals surface area (Å²) in [6.45, 7) is 8.55. The zero-order chi connectivity index (χ0) is 21.8. The van der Waals surface area contributed by atoms with Gasteiger partial charge in [0.15, 0.2) is 0 Å². The Morgan fingerprint density at radius 2 is 2.03 bits per heavy atom. The Morgan fingerprint density at radius 3 is 2.73 bits per heavy atom. The molecule has 2 aromatic rings. The molecule has 3 rings (SSSR count). The molecule has 1 amide bonds. The van der Waals surface area contributed by atoms with Crippen molar-refractivity contribution >= 4 is 17.7 Å². The minimum absolute atomic E-state index is 0.164. The molecule has 2 heterocycles. The van der Waals surface area contributed by atoms with Gasteiger partial charge in [0.05, 0.1) is 12.6 Å². The highest BCUT2D eigenvalue weighted by atomic mass is 16.5. The monoisotopic (exact) mass is 406 g/mol. The number of amides is 1. The van der Waals surface area contributed by atoms with Crippen molar-refractivity contribution in [1.29, 1.82) is 5.26 Å². The number of carbonyl (C=O) groups excluding carboxylic acids is 1. The minimum Gasteiger partial charge on any atom is -0.383 e. The van der Waals surface area contributed by atoms with Crippen molar-refractivity contribution in [1.82, 2.24) is 9.47 Å². The van der Waals surface area contributed by atoms with Crippen LogP contribution >= 0.6 is 0 Å². The summed E-state index contributed by atoms with van der Waals surface area (Å²) in [6.07, 6.45) is 1.72. The lowest BCUT2D eigenvalue weighted by Gasteiger charge is -2.20. The molecule has 1 unspecified atom stereocenters. The molecule has 6 heteroatoms. The van der Waals surface area contributed by atoms with Crippen LogP contribution in [-0.4, -0.2) is 49.2 Å². The van der Waals surface area contributed by atoms with Crippen LogP contribution in [0.1, 0.15) is 35.5 Å². The van der Waals surface area contributed by atoms with E-state index in [-0.39, 0.29) is 17.5 Å². The Balaban J connectivity index is 1.90. The lowest BCUT2D eigenvalue weighted by atomic mass is 10.1. The van der Waals surface area contributed by atoms with E-state index in [1.165, 1.54) is 0 Å². The number of ether oxygens (including phenoxy) is 1. The molecule has 30 heavy (non-hydrogen) atoms. The van der Waals surface area contributed by atoms with E-state index in [0.29, 0.717) is 19.7 Å². The predicted octanol–water partition coefficient (Wildman–Crippen LogP) is 3.70. The zero-order valence-corrected chi connectivity index (χ0v) is 18.5. The fourth-order valence-corrected chi connectivity index (χ4v) is 4.28. The zero-order valence-electron chi connectivity index (χ0n) is 18.5. The van der Waals surface area contributed by atoms with Gasteiger partial charge in [0, 0.05) is 50.9 Å². The van der Waals surface area contributed by atoms with Crippen LogP contribution in [0.2, 0.25) is 0 Å². The van der Waals surface area contributed by atoms with Gasteiger partial charge in [-0.15, -0.1) is 0 Å². The topological polar surface area (TPSA) is 61.5 Å². The highest BCUT2D eigenvalue weighted by molar-refractivity contribution is 6.02. The van der Waals surface area contributed by atoms with E-state index >= 15 is 0 Å². The second kappa shape index (κ2) is 9.19. The lowest BCUT2D eigenvalue weighted by molar-refractivity contribution is -0.127. The van der Waals surface area contributed by atoms with Gasteiger partial charge in [0.1, 0.15) is 11.6 Å². The number of likely N-dealkylation sites (N-methyl/N-ethyl adjacent to an activating group) is 1. The summed E-state index contributed by atoms with van der Waals surface area (Å²) in [6, 6.07) is 12.4. The number of nitriles is 1. The molecule has 0 N–H and O–H groups in total. The van der Waals surface area contributed by atoms with Crippen LogP contribution in [0.25, 0.3) is 6.08 Å². The maximum absolute atomic E-state index is 13.2. The summed E-state index contributed by atoms with van der Waals surface area (Å²) in [7, 11) is 3.72. The number of hydrogen-bond donors (Lipinski definition) is 0. The number of fused-ring (bicyclic) bond motifs is 1. The molecule has 0 aliphatic carbocycles. The third kappa shape index (κ3) is 4.27. The molecule has 0 saturated heterocycles. The maximum atomic E-state index is 13.2. The largest absolute Gasteiger partial charge is 0.383 e. The van der Waals surface area contributed by atoms with E-state index in [0.717, 1.165) is 34.7 Å². The molecule has 158 valence electrons. The average molecular weight is 407 g/mol. The fourth-order valence-electron chi connectivity index (χ4n) is 4.28. The van der Waals surface area contributed by atoms with Crippen LogP contribution < -0.4 is 4.90 Å². The van der Waals surface area contributed by atoms with Crippen molar-refractivity contribution in [3.8, 4) is 6.07 Å². The molecular weight excluding hydrogens is 376 g/mol. The normalized spacial score (nSPS) is 15.4. The van der Waals surface area contributed by atoms with Crippen molar-refractivity contribution < 1.29 is 9.53 Å². The first-order valence-electron chi connectivity index (χ1n) is 10.2. The van der Waals surface area contributed by atoms with Crippen molar-refractivity contribution in [2.45, 2.75) is 33.4 Å². The number of anilines is 1. The van der Waals surface area contributed by atoms with Crippen LogP contribution in [0.5, 0.6) is 0 Å². The maximum Gasteiger partial charge on any atom is 0.264 e. The number of nitrogens with zero attached hydrogens (tertiary/aromatic N) is 4. The van der Waals surface area contributed by atoms with Crippen molar-refractivity contribution in [2.75, 3.05) is 38.8 Å². The number of aromatic nitrogens is 1. The molecule has 1 aromatic carbocycles. The smallest absolute Gasteiger partial charge is 0.264 e. The molecule has 1 aliphatic heterocycles. The Kier molecular flexibility index (Phi) is 6.63. The molecule has 1 aromatic heterocycles. The van der Waals surface area contributed by atoms with Crippen LogP contribution in [0.3, 0.4) is 0 Å². The van der Waals surface area contributed by atoms with Crippen LogP contribution in [0.4, 0.5) is 5.69 Å². The Bertz CT molecular complexity index is 999. The summed E-state index contributed by atoms with van der Waals surface area (Å²) < 4.78 is 7.48. The highest BCUT2D eigenvalue weighted by Gasteiger charge is 2.24. The number of hydrogen-bond acceptors (Lipinski definition) is 4. The second-order valence-electron chi connectivity index (χ2n) is 7.95. The second-order valence-corrected chi connectivity index (χ2v) is 7.95. The van der Waals surface area contributed by atoms with Crippen molar-refractivity contribution in [3.05, 3.63) is 58.4 Å². The van der Waals surface area contributed by atoms with E-state index in [1.54, 1.807) is 18.1 Å². The third-order valence-electron chi connectivity index (χ3n) is 5.78. The predicted molar refractivity (Wildman–Crippen MR) is 119 cm³/mol. The standard InChI is InChI=1S/C24H30N4O2/c1-17-12-21(19(3)28(17)18(2)16-30-5)13-22(14-25)24(29)27-11-10-26(4)23-9-7-6-8-20(23)15-27/h6-9,12-13,18H,10-11,15-16H2,1-5H3/b22-13+. The Morgan fingerprint density at radius 1 is 1.30 bits per heavy atom. The van der Waals surface area contributed by atoms with Gasteiger partial charge in [0.2, 0.25) is 0 Å². The number of methoxy groups -OCH3 is 1. The third-order valence-corrected chi connectivity index (χ3v) is 5.78. The van der Waals surface area contributed by atoms with Gasteiger partial charge in [-0.05, 0) is 50.1 Å². The van der Waals surface area contributed by atoms with Gasteiger partial charge in [-0.3, -0.25) is 4.79 Å². The van der Waals surface area contributed by atoms with Gasteiger partial charge in [-0.2, -0.15) is 5.26 Å². The number of carbonyl (C=O) groups is 1. The summed E-state index contributed by atoms with van der Waals surface area (Å²) in [4.78, 5) is 17.2. The van der Waals surface area contributed by atoms with Gasteiger partial charge in [-0.1, -0.05) is 18.2 Å². The first-order chi connectivity index (χ1) is 14.4. The lowest BCUT2D eigenvalue weighted by Crippen LogP contribution is -2.35. The number of para-hydroxylation sites is 1. The van der Waals surface area contributed by atoms with Gasteiger partial charge >= 0.3 is 0 Å². The Labute approximate surface area is 179 Å². The van der Waals surface area contributed by atoms with E-state index in [9.17, 15) is 10.1 Å². The highest BCUT2D eigenvalue weighted by Crippen LogP contribution is 2.26. The molecule has 1 aliphatic rings.